The molecule has 2 heterocycles. The Hall–Kier alpha value is -3.58. The Morgan fingerprint density at radius 1 is 0.938 bits per heavy atom. The number of nitrogens with one attached hydrogen (secondary N) is 1. The van der Waals surface area contributed by atoms with E-state index in [2.05, 4.69) is 10.2 Å². The van der Waals surface area contributed by atoms with Crippen LogP contribution in [0.15, 0.2) is 71.1 Å². The average Bonchev–Trinajstić information content (AvgIpc) is 3.29. The fourth-order valence-electron chi connectivity index (χ4n) is 3.55. The topological polar surface area (TPSA) is 75.0 Å². The number of carbonyl (C=O) groups excluding carboxylic acids is 2. The molecular formula is C25H27N3O4. The Morgan fingerprint density at radius 2 is 1.66 bits per heavy atom. The van der Waals surface area contributed by atoms with E-state index in [9.17, 15) is 9.59 Å². The highest BCUT2D eigenvalue weighted by molar-refractivity contribution is 5.92. The zero-order chi connectivity index (χ0) is 22.3. The number of aryl methyl sites for hydroxylation is 1. The van der Waals surface area contributed by atoms with Crippen molar-refractivity contribution in [1.29, 1.82) is 0 Å². The molecule has 32 heavy (non-hydrogen) atoms. The van der Waals surface area contributed by atoms with E-state index in [1.165, 1.54) is 0 Å². The number of piperazine rings is 1. The van der Waals surface area contributed by atoms with Crippen LogP contribution < -0.4 is 10.1 Å². The molecule has 1 aliphatic rings. The monoisotopic (exact) mass is 433 g/mol. The van der Waals surface area contributed by atoms with E-state index in [1.54, 1.807) is 17.0 Å². The van der Waals surface area contributed by atoms with Crippen molar-refractivity contribution in [3.05, 3.63) is 83.8 Å². The molecule has 0 saturated carbocycles. The van der Waals surface area contributed by atoms with Gasteiger partial charge in [-0.25, -0.2) is 0 Å². The first kappa shape index (κ1) is 21.6. The number of ether oxygens (including phenoxy) is 1. The Balaban J connectivity index is 1.22. The van der Waals surface area contributed by atoms with Gasteiger partial charge in [0.25, 0.3) is 5.91 Å². The third-order valence-corrected chi connectivity index (χ3v) is 5.36. The molecule has 0 bridgehead atoms. The number of hydrogen-bond donors (Lipinski definition) is 1. The molecule has 1 aromatic heterocycles. The van der Waals surface area contributed by atoms with Crippen molar-refractivity contribution >= 4 is 17.5 Å². The number of furan rings is 1. The zero-order valence-electron chi connectivity index (χ0n) is 18.1. The van der Waals surface area contributed by atoms with Crippen LogP contribution in [0.2, 0.25) is 0 Å². The molecule has 1 aliphatic heterocycles. The number of hydrogen-bond acceptors (Lipinski definition) is 5. The van der Waals surface area contributed by atoms with Gasteiger partial charge in [-0.2, -0.15) is 0 Å². The van der Waals surface area contributed by atoms with Crippen LogP contribution in [0.5, 0.6) is 5.75 Å². The van der Waals surface area contributed by atoms with Gasteiger partial charge in [0.1, 0.15) is 18.1 Å². The van der Waals surface area contributed by atoms with Gasteiger partial charge in [0.05, 0.1) is 6.54 Å². The van der Waals surface area contributed by atoms with E-state index < -0.39 is 0 Å². The van der Waals surface area contributed by atoms with Crippen molar-refractivity contribution in [1.82, 2.24) is 9.80 Å². The molecule has 0 radical (unpaired) electrons. The average molecular weight is 434 g/mol. The number of nitrogens with zero attached hydrogens (tertiary/aromatic N) is 2. The summed E-state index contributed by atoms with van der Waals surface area (Å²) in [5.74, 6) is 1.47. The van der Waals surface area contributed by atoms with Gasteiger partial charge < -0.3 is 19.4 Å². The molecule has 166 valence electrons. The van der Waals surface area contributed by atoms with Gasteiger partial charge in [0, 0.05) is 31.9 Å². The molecule has 1 N–H and O–H groups in total. The third-order valence-electron chi connectivity index (χ3n) is 5.36. The largest absolute Gasteiger partial charge is 0.486 e. The molecule has 1 fully saturated rings. The van der Waals surface area contributed by atoms with Crippen molar-refractivity contribution in [2.75, 3.05) is 38.0 Å². The molecule has 1 saturated heterocycles. The van der Waals surface area contributed by atoms with Gasteiger partial charge in [-0.15, -0.1) is 0 Å². The number of amides is 2. The summed E-state index contributed by atoms with van der Waals surface area (Å²) in [5, 5.41) is 2.91. The van der Waals surface area contributed by atoms with Crippen LogP contribution in [0.4, 0.5) is 5.69 Å². The zero-order valence-corrected chi connectivity index (χ0v) is 18.1. The van der Waals surface area contributed by atoms with Crippen LogP contribution in [0.25, 0.3) is 0 Å². The highest BCUT2D eigenvalue weighted by Crippen LogP contribution is 2.16. The van der Waals surface area contributed by atoms with Crippen LogP contribution in [-0.2, 0) is 11.4 Å². The minimum Gasteiger partial charge on any atom is -0.486 e. The van der Waals surface area contributed by atoms with Crippen LogP contribution in [0, 0.1) is 6.92 Å². The van der Waals surface area contributed by atoms with Crippen molar-refractivity contribution in [2.24, 2.45) is 0 Å². The minimum atomic E-state index is -0.139. The van der Waals surface area contributed by atoms with Crippen LogP contribution in [0.3, 0.4) is 0 Å². The fourth-order valence-corrected chi connectivity index (χ4v) is 3.55. The van der Waals surface area contributed by atoms with Crippen LogP contribution >= 0.6 is 0 Å². The van der Waals surface area contributed by atoms with E-state index in [0.29, 0.717) is 44.2 Å². The summed E-state index contributed by atoms with van der Waals surface area (Å²) in [6.45, 7) is 4.95. The Labute approximate surface area is 187 Å². The summed E-state index contributed by atoms with van der Waals surface area (Å²) in [4.78, 5) is 28.9. The lowest BCUT2D eigenvalue weighted by Gasteiger charge is -2.33. The molecule has 0 spiro atoms. The first-order valence-corrected chi connectivity index (χ1v) is 10.7. The molecule has 2 amide bonds. The Morgan fingerprint density at radius 3 is 2.38 bits per heavy atom. The molecule has 3 aromatic rings. The summed E-state index contributed by atoms with van der Waals surface area (Å²) in [6.07, 6.45) is 0. The maximum absolute atomic E-state index is 12.8. The highest BCUT2D eigenvalue weighted by atomic mass is 16.5. The lowest BCUT2D eigenvalue weighted by molar-refractivity contribution is -0.117. The smallest absolute Gasteiger partial charge is 0.289 e. The summed E-state index contributed by atoms with van der Waals surface area (Å²) in [7, 11) is 0. The van der Waals surface area contributed by atoms with Crippen LogP contribution in [-0.4, -0.2) is 54.3 Å². The summed E-state index contributed by atoms with van der Waals surface area (Å²) >= 11 is 0. The second-order valence-corrected chi connectivity index (χ2v) is 7.85. The number of para-hydroxylation sites is 1. The standard InChI is InChI=1S/C25H27N3O4/c1-19-7-9-20(10-8-19)26-24(29)17-27-13-15-28(16-14-27)25(30)23-12-11-22(32-23)18-31-21-5-3-2-4-6-21/h2-12H,13-18H2,1H3,(H,26,29). The van der Waals surface area contributed by atoms with Crippen molar-refractivity contribution in [3.8, 4) is 5.75 Å². The van der Waals surface area contributed by atoms with Gasteiger partial charge in [0.15, 0.2) is 5.76 Å². The molecule has 2 aromatic carbocycles. The summed E-state index contributed by atoms with van der Waals surface area (Å²) < 4.78 is 11.4. The van der Waals surface area contributed by atoms with Crippen molar-refractivity contribution in [2.45, 2.75) is 13.5 Å². The molecule has 0 aliphatic carbocycles. The third kappa shape index (κ3) is 5.76. The quantitative estimate of drug-likeness (QED) is 0.617. The fraction of sp³-hybridized carbons (Fsp3) is 0.280. The summed E-state index contributed by atoms with van der Waals surface area (Å²) in [6, 6.07) is 20.6. The van der Waals surface area contributed by atoms with E-state index in [0.717, 1.165) is 17.0 Å². The van der Waals surface area contributed by atoms with Gasteiger partial charge in [-0.1, -0.05) is 35.9 Å². The molecule has 4 rings (SSSR count). The second kappa shape index (κ2) is 10.2. The van der Waals surface area contributed by atoms with E-state index in [4.69, 9.17) is 9.15 Å². The van der Waals surface area contributed by atoms with Gasteiger partial charge in [0.2, 0.25) is 5.91 Å². The Bertz CT molecular complexity index is 1040. The van der Waals surface area contributed by atoms with E-state index in [-0.39, 0.29) is 18.4 Å². The van der Waals surface area contributed by atoms with Gasteiger partial charge in [-0.05, 0) is 43.3 Å². The van der Waals surface area contributed by atoms with E-state index in [1.807, 2.05) is 61.5 Å². The van der Waals surface area contributed by atoms with Crippen molar-refractivity contribution in [3.63, 3.8) is 0 Å². The number of anilines is 1. The minimum absolute atomic E-state index is 0.0530. The number of carbonyl (C=O) groups is 2. The maximum Gasteiger partial charge on any atom is 0.289 e. The molecule has 7 nitrogen and oxygen atoms in total. The lowest BCUT2D eigenvalue weighted by atomic mass is 10.2. The SMILES string of the molecule is Cc1ccc(NC(=O)CN2CCN(C(=O)c3ccc(COc4ccccc4)o3)CC2)cc1. The first-order chi connectivity index (χ1) is 15.6. The first-order valence-electron chi connectivity index (χ1n) is 10.7. The predicted molar refractivity (Wildman–Crippen MR) is 122 cm³/mol. The highest BCUT2D eigenvalue weighted by Gasteiger charge is 2.25. The molecule has 0 unspecified atom stereocenters. The number of rotatable bonds is 7. The predicted octanol–water partition coefficient (Wildman–Crippen LogP) is 3.56. The Kier molecular flexibility index (Phi) is 6.87. The molecule has 0 atom stereocenters. The van der Waals surface area contributed by atoms with Crippen molar-refractivity contribution < 1.29 is 18.7 Å². The summed E-state index contributed by atoms with van der Waals surface area (Å²) in [5.41, 5.74) is 1.94. The maximum atomic E-state index is 12.8. The lowest BCUT2D eigenvalue weighted by Crippen LogP contribution is -2.50. The second-order valence-electron chi connectivity index (χ2n) is 7.85. The van der Waals surface area contributed by atoms with Gasteiger partial charge >= 0.3 is 0 Å². The van der Waals surface area contributed by atoms with Crippen LogP contribution in [0.1, 0.15) is 21.9 Å². The normalized spacial score (nSPS) is 14.2. The number of benzene rings is 2. The molecule has 7 heteroatoms. The molecular weight excluding hydrogens is 406 g/mol. The van der Waals surface area contributed by atoms with Gasteiger partial charge in [-0.3, -0.25) is 14.5 Å². The van der Waals surface area contributed by atoms with E-state index >= 15 is 0 Å².